The molecule has 2 heterocycles. The number of methoxy groups -OCH3 is 1. The zero-order valence-corrected chi connectivity index (χ0v) is 21.9. The van der Waals surface area contributed by atoms with Gasteiger partial charge in [0.15, 0.2) is 0 Å². The molecule has 1 fully saturated rings. The standard InChI is InChI=1S/C30H38N4O2/c1-23-21-29(33(3)31-23)30(35)32(2)28(22-25-9-6-5-7-10-25)26-16-19-34(20-17-26)18-8-11-24-12-14-27(36-4)15-13-24/h5-15,21,26,28H,16-20,22H2,1-4H3. The lowest BCUT2D eigenvalue weighted by Gasteiger charge is -2.40. The van der Waals surface area contributed by atoms with Crippen LogP contribution in [0, 0.1) is 12.8 Å². The van der Waals surface area contributed by atoms with Crippen molar-refractivity contribution in [1.29, 1.82) is 0 Å². The van der Waals surface area contributed by atoms with E-state index in [1.165, 1.54) is 11.1 Å². The second kappa shape index (κ2) is 12.0. The first kappa shape index (κ1) is 25.7. The molecule has 1 aliphatic heterocycles. The Kier molecular flexibility index (Phi) is 8.60. The van der Waals surface area contributed by atoms with Crippen LogP contribution >= 0.6 is 0 Å². The monoisotopic (exact) mass is 486 g/mol. The topological polar surface area (TPSA) is 50.6 Å². The molecule has 1 atom stereocenters. The molecule has 36 heavy (non-hydrogen) atoms. The van der Waals surface area contributed by atoms with Crippen molar-refractivity contribution < 1.29 is 9.53 Å². The molecule has 0 bridgehead atoms. The lowest BCUT2D eigenvalue weighted by Crippen LogP contribution is -2.47. The van der Waals surface area contributed by atoms with Crippen molar-refractivity contribution in [3.63, 3.8) is 0 Å². The molecule has 1 aliphatic rings. The molecule has 4 rings (SSSR count). The number of aromatic nitrogens is 2. The zero-order chi connectivity index (χ0) is 25.5. The number of carbonyl (C=O) groups is 1. The fourth-order valence-corrected chi connectivity index (χ4v) is 5.19. The van der Waals surface area contributed by atoms with Crippen LogP contribution in [0.25, 0.3) is 6.08 Å². The van der Waals surface area contributed by atoms with E-state index in [1.807, 2.05) is 50.2 Å². The molecule has 2 aromatic carbocycles. The smallest absolute Gasteiger partial charge is 0.272 e. The van der Waals surface area contributed by atoms with Crippen LogP contribution in [0.5, 0.6) is 5.75 Å². The van der Waals surface area contributed by atoms with Crippen LogP contribution < -0.4 is 4.74 Å². The van der Waals surface area contributed by atoms with E-state index < -0.39 is 0 Å². The van der Waals surface area contributed by atoms with E-state index in [0.717, 1.165) is 50.3 Å². The minimum atomic E-state index is 0.0453. The summed E-state index contributed by atoms with van der Waals surface area (Å²) in [5, 5.41) is 4.39. The average Bonchev–Trinajstić information content (AvgIpc) is 3.25. The summed E-state index contributed by atoms with van der Waals surface area (Å²) >= 11 is 0. The van der Waals surface area contributed by atoms with Crippen LogP contribution in [0.3, 0.4) is 0 Å². The Bertz CT molecular complexity index is 1150. The molecule has 0 aliphatic carbocycles. The number of carbonyl (C=O) groups excluding carboxylic acids is 1. The minimum absolute atomic E-state index is 0.0453. The van der Waals surface area contributed by atoms with Gasteiger partial charge in [0.25, 0.3) is 5.91 Å². The Balaban J connectivity index is 1.40. The van der Waals surface area contributed by atoms with E-state index in [4.69, 9.17) is 4.74 Å². The predicted molar refractivity (Wildman–Crippen MR) is 145 cm³/mol. The summed E-state index contributed by atoms with van der Waals surface area (Å²) in [4.78, 5) is 17.9. The highest BCUT2D eigenvalue weighted by Gasteiger charge is 2.32. The molecule has 0 radical (unpaired) electrons. The van der Waals surface area contributed by atoms with Gasteiger partial charge in [-0.15, -0.1) is 0 Å². The normalized spacial score (nSPS) is 15.8. The van der Waals surface area contributed by atoms with Gasteiger partial charge < -0.3 is 9.64 Å². The van der Waals surface area contributed by atoms with E-state index in [9.17, 15) is 4.79 Å². The van der Waals surface area contributed by atoms with Gasteiger partial charge in [-0.2, -0.15) is 5.10 Å². The van der Waals surface area contributed by atoms with Gasteiger partial charge in [0.2, 0.25) is 0 Å². The predicted octanol–water partition coefficient (Wildman–Crippen LogP) is 4.85. The summed E-state index contributed by atoms with van der Waals surface area (Å²) in [5.41, 5.74) is 3.96. The molecular formula is C30H38N4O2. The first-order valence-corrected chi connectivity index (χ1v) is 12.8. The first-order chi connectivity index (χ1) is 17.4. The van der Waals surface area contributed by atoms with Crippen molar-refractivity contribution in [3.05, 3.63) is 89.3 Å². The Hall–Kier alpha value is -3.38. The summed E-state index contributed by atoms with van der Waals surface area (Å²) in [6.07, 6.45) is 7.43. The van der Waals surface area contributed by atoms with E-state index in [1.54, 1.807) is 11.8 Å². The first-order valence-electron chi connectivity index (χ1n) is 12.8. The number of likely N-dealkylation sites (tertiary alicyclic amines) is 1. The number of benzene rings is 2. The van der Waals surface area contributed by atoms with Crippen LogP contribution in [-0.2, 0) is 13.5 Å². The van der Waals surface area contributed by atoms with Gasteiger partial charge in [-0.1, -0.05) is 54.6 Å². The molecule has 6 nitrogen and oxygen atoms in total. The van der Waals surface area contributed by atoms with Crippen LogP contribution in [-0.4, -0.2) is 65.3 Å². The van der Waals surface area contributed by atoms with Gasteiger partial charge in [0, 0.05) is 26.7 Å². The third kappa shape index (κ3) is 6.43. The number of amides is 1. The number of aryl methyl sites for hydroxylation is 2. The number of piperidine rings is 1. The third-order valence-corrected chi connectivity index (χ3v) is 7.29. The lowest BCUT2D eigenvalue weighted by molar-refractivity contribution is 0.0588. The Morgan fingerprint density at radius 1 is 1.14 bits per heavy atom. The summed E-state index contributed by atoms with van der Waals surface area (Å²) in [7, 11) is 5.49. The molecule has 3 aromatic rings. The van der Waals surface area contributed by atoms with Gasteiger partial charge >= 0.3 is 0 Å². The van der Waals surface area contributed by atoms with E-state index >= 15 is 0 Å². The second-order valence-electron chi connectivity index (χ2n) is 9.78. The van der Waals surface area contributed by atoms with Gasteiger partial charge in [0.1, 0.15) is 11.4 Å². The lowest BCUT2D eigenvalue weighted by atomic mass is 9.85. The van der Waals surface area contributed by atoms with Crippen molar-refractivity contribution >= 4 is 12.0 Å². The number of likely N-dealkylation sites (N-methyl/N-ethyl adjacent to an activating group) is 1. The Labute approximate surface area is 215 Å². The number of ether oxygens (including phenoxy) is 1. The molecule has 6 heteroatoms. The summed E-state index contributed by atoms with van der Waals surface area (Å²) in [5.74, 6) is 1.38. The fraction of sp³-hybridized carbons (Fsp3) is 0.400. The molecule has 1 unspecified atom stereocenters. The molecule has 1 aromatic heterocycles. The van der Waals surface area contributed by atoms with Crippen molar-refractivity contribution in [3.8, 4) is 5.75 Å². The maximum absolute atomic E-state index is 13.5. The zero-order valence-electron chi connectivity index (χ0n) is 21.9. The second-order valence-corrected chi connectivity index (χ2v) is 9.78. The largest absolute Gasteiger partial charge is 0.497 e. The maximum atomic E-state index is 13.5. The van der Waals surface area contributed by atoms with Gasteiger partial charge in [-0.3, -0.25) is 14.4 Å². The summed E-state index contributed by atoms with van der Waals surface area (Å²) in [6.45, 7) is 4.94. The fourth-order valence-electron chi connectivity index (χ4n) is 5.19. The Morgan fingerprint density at radius 2 is 1.83 bits per heavy atom. The quantitative estimate of drug-likeness (QED) is 0.434. The van der Waals surface area contributed by atoms with Crippen LogP contribution in [0.1, 0.15) is 40.2 Å². The molecule has 1 saturated heterocycles. The van der Waals surface area contributed by atoms with E-state index in [2.05, 4.69) is 58.5 Å². The maximum Gasteiger partial charge on any atom is 0.272 e. The molecule has 0 N–H and O–H groups in total. The SMILES string of the molecule is COc1ccc(C=CCN2CCC(C(Cc3ccccc3)N(C)C(=O)c3cc(C)nn3C)CC2)cc1. The Morgan fingerprint density at radius 3 is 2.44 bits per heavy atom. The number of hydrogen-bond acceptors (Lipinski definition) is 4. The van der Waals surface area contributed by atoms with E-state index in [0.29, 0.717) is 11.6 Å². The van der Waals surface area contributed by atoms with Crippen LogP contribution in [0.15, 0.2) is 66.7 Å². The number of nitrogens with zero attached hydrogens (tertiary/aromatic N) is 4. The summed E-state index contributed by atoms with van der Waals surface area (Å²) < 4.78 is 6.94. The van der Waals surface area contributed by atoms with Gasteiger partial charge in [-0.05, 0) is 74.5 Å². The van der Waals surface area contributed by atoms with Gasteiger partial charge in [0.05, 0.1) is 12.8 Å². The minimum Gasteiger partial charge on any atom is -0.497 e. The number of rotatable bonds is 9. The van der Waals surface area contributed by atoms with Crippen molar-refractivity contribution in [2.75, 3.05) is 33.8 Å². The van der Waals surface area contributed by atoms with Gasteiger partial charge in [-0.25, -0.2) is 0 Å². The molecular weight excluding hydrogens is 448 g/mol. The van der Waals surface area contributed by atoms with Crippen LogP contribution in [0.2, 0.25) is 0 Å². The van der Waals surface area contributed by atoms with Crippen molar-refractivity contribution in [2.45, 2.75) is 32.2 Å². The van der Waals surface area contributed by atoms with Crippen molar-refractivity contribution in [1.82, 2.24) is 19.6 Å². The molecule has 0 spiro atoms. The average molecular weight is 487 g/mol. The number of hydrogen-bond donors (Lipinski definition) is 0. The highest BCUT2D eigenvalue weighted by Crippen LogP contribution is 2.27. The summed E-state index contributed by atoms with van der Waals surface area (Å²) in [6, 6.07) is 20.7. The highest BCUT2D eigenvalue weighted by atomic mass is 16.5. The highest BCUT2D eigenvalue weighted by molar-refractivity contribution is 5.92. The van der Waals surface area contributed by atoms with E-state index in [-0.39, 0.29) is 11.9 Å². The molecule has 0 saturated carbocycles. The van der Waals surface area contributed by atoms with Crippen LogP contribution in [0.4, 0.5) is 0 Å². The third-order valence-electron chi connectivity index (χ3n) is 7.29. The van der Waals surface area contributed by atoms with Crippen molar-refractivity contribution in [2.24, 2.45) is 13.0 Å². The molecule has 1 amide bonds. The molecule has 190 valence electrons.